The van der Waals surface area contributed by atoms with E-state index in [1.807, 2.05) is 26.0 Å². The number of likely N-dealkylation sites (tertiary alicyclic amines) is 1. The quantitative estimate of drug-likeness (QED) is 0.212. The Hall–Kier alpha value is -4.46. The van der Waals surface area contributed by atoms with Gasteiger partial charge in [-0.25, -0.2) is 0 Å². The summed E-state index contributed by atoms with van der Waals surface area (Å²) in [4.78, 5) is 28.3. The molecule has 0 saturated carbocycles. The van der Waals surface area contributed by atoms with Crippen LogP contribution in [0.5, 0.6) is 23.0 Å². The van der Waals surface area contributed by atoms with Gasteiger partial charge in [0, 0.05) is 12.1 Å². The van der Waals surface area contributed by atoms with E-state index in [0.717, 1.165) is 17.5 Å². The second kappa shape index (κ2) is 11.9. The lowest BCUT2D eigenvalue weighted by Crippen LogP contribution is -2.29. The molecule has 1 atom stereocenters. The van der Waals surface area contributed by atoms with Crippen molar-refractivity contribution in [2.24, 2.45) is 0 Å². The van der Waals surface area contributed by atoms with E-state index in [4.69, 9.17) is 18.9 Å². The standard InChI is InChI=1S/C31H33NO7/c1-6-15-39-24-13-10-22(16-19(24)2)29(33)27-28(21-9-14-25(37-4)26(17-21)38-5)32(31(35)30(27)34)18-20-7-11-23(36-3)12-8-20/h7-14,16-17,28,33H,6,15,18H2,1-5H3/b29-27-. The van der Waals surface area contributed by atoms with Crippen molar-refractivity contribution in [3.63, 3.8) is 0 Å². The van der Waals surface area contributed by atoms with Gasteiger partial charge in [0.05, 0.1) is 39.6 Å². The molecule has 8 nitrogen and oxygen atoms in total. The highest BCUT2D eigenvalue weighted by molar-refractivity contribution is 6.46. The minimum absolute atomic E-state index is 0.00218. The molecule has 1 heterocycles. The molecule has 1 aliphatic rings. The Balaban J connectivity index is 1.84. The molecular formula is C31H33NO7. The molecule has 0 aromatic heterocycles. The molecule has 1 amide bonds. The number of Topliss-reactive ketones (excluding diaryl/α,β-unsaturated/α-hetero) is 1. The van der Waals surface area contributed by atoms with Crippen molar-refractivity contribution < 1.29 is 33.6 Å². The molecule has 8 heteroatoms. The molecule has 4 rings (SSSR count). The van der Waals surface area contributed by atoms with Crippen molar-refractivity contribution in [1.82, 2.24) is 4.90 Å². The lowest BCUT2D eigenvalue weighted by atomic mass is 9.94. The summed E-state index contributed by atoms with van der Waals surface area (Å²) in [6.45, 7) is 4.61. The van der Waals surface area contributed by atoms with Crippen molar-refractivity contribution in [1.29, 1.82) is 0 Å². The van der Waals surface area contributed by atoms with Crippen molar-refractivity contribution in [2.75, 3.05) is 27.9 Å². The maximum absolute atomic E-state index is 13.5. The predicted molar refractivity (Wildman–Crippen MR) is 147 cm³/mol. The molecule has 1 saturated heterocycles. The van der Waals surface area contributed by atoms with Crippen LogP contribution >= 0.6 is 0 Å². The average Bonchev–Trinajstić information content (AvgIpc) is 3.21. The number of carbonyl (C=O) groups is 2. The number of aliphatic hydroxyl groups excluding tert-OH is 1. The summed E-state index contributed by atoms with van der Waals surface area (Å²) < 4.78 is 21.9. The number of benzene rings is 3. The number of amides is 1. The maximum atomic E-state index is 13.5. The highest BCUT2D eigenvalue weighted by Crippen LogP contribution is 2.43. The Morgan fingerprint density at radius 1 is 0.872 bits per heavy atom. The highest BCUT2D eigenvalue weighted by Gasteiger charge is 2.46. The second-order valence-corrected chi connectivity index (χ2v) is 9.22. The smallest absolute Gasteiger partial charge is 0.295 e. The van der Waals surface area contributed by atoms with Crippen LogP contribution in [0.2, 0.25) is 0 Å². The number of hydrogen-bond acceptors (Lipinski definition) is 7. The van der Waals surface area contributed by atoms with Crippen molar-refractivity contribution in [3.05, 3.63) is 88.5 Å². The van der Waals surface area contributed by atoms with E-state index < -0.39 is 17.7 Å². The number of nitrogens with zero attached hydrogens (tertiary/aromatic N) is 1. The second-order valence-electron chi connectivity index (χ2n) is 9.22. The van der Waals surface area contributed by atoms with Crippen molar-refractivity contribution in [2.45, 2.75) is 32.9 Å². The lowest BCUT2D eigenvalue weighted by molar-refractivity contribution is -0.140. The summed E-state index contributed by atoms with van der Waals surface area (Å²) in [6.07, 6.45) is 0.865. The topological polar surface area (TPSA) is 94.5 Å². The minimum Gasteiger partial charge on any atom is -0.507 e. The van der Waals surface area contributed by atoms with Crippen LogP contribution in [-0.2, 0) is 16.1 Å². The van der Waals surface area contributed by atoms with Crippen molar-refractivity contribution in [3.8, 4) is 23.0 Å². The number of hydrogen-bond donors (Lipinski definition) is 1. The normalized spacial score (nSPS) is 16.3. The molecule has 204 valence electrons. The predicted octanol–water partition coefficient (Wildman–Crippen LogP) is 5.43. The highest BCUT2D eigenvalue weighted by atomic mass is 16.5. The third-order valence-corrected chi connectivity index (χ3v) is 6.69. The van der Waals surface area contributed by atoms with Crippen LogP contribution in [0.1, 0.15) is 41.6 Å². The fourth-order valence-corrected chi connectivity index (χ4v) is 4.67. The van der Waals surface area contributed by atoms with Crippen LogP contribution in [-0.4, -0.2) is 49.6 Å². The van der Waals surface area contributed by atoms with E-state index in [1.165, 1.54) is 19.1 Å². The van der Waals surface area contributed by atoms with Crippen LogP contribution in [0.15, 0.2) is 66.2 Å². The number of aliphatic hydroxyl groups is 1. The Labute approximate surface area is 228 Å². The van der Waals surface area contributed by atoms with Crippen LogP contribution < -0.4 is 18.9 Å². The summed E-state index contributed by atoms with van der Waals surface area (Å²) in [5.74, 6) is 0.612. The van der Waals surface area contributed by atoms with Gasteiger partial charge >= 0.3 is 0 Å². The molecule has 0 spiro atoms. The van der Waals surface area contributed by atoms with Crippen molar-refractivity contribution >= 4 is 17.4 Å². The first-order valence-corrected chi connectivity index (χ1v) is 12.7. The largest absolute Gasteiger partial charge is 0.507 e. The van der Waals surface area contributed by atoms with Gasteiger partial charge in [0.15, 0.2) is 11.5 Å². The Bertz CT molecular complexity index is 1390. The first-order valence-electron chi connectivity index (χ1n) is 12.7. The number of rotatable bonds is 10. The monoisotopic (exact) mass is 531 g/mol. The molecule has 1 fully saturated rings. The summed E-state index contributed by atoms with van der Waals surface area (Å²) in [7, 11) is 4.62. The van der Waals surface area contributed by atoms with Gasteiger partial charge in [0.2, 0.25) is 0 Å². The van der Waals surface area contributed by atoms with Crippen LogP contribution in [0.3, 0.4) is 0 Å². The third kappa shape index (κ3) is 5.55. The van der Waals surface area contributed by atoms with Gasteiger partial charge in [-0.15, -0.1) is 0 Å². The zero-order valence-corrected chi connectivity index (χ0v) is 22.8. The Kier molecular flexibility index (Phi) is 8.44. The maximum Gasteiger partial charge on any atom is 0.295 e. The molecule has 0 radical (unpaired) electrons. The van der Waals surface area contributed by atoms with E-state index in [0.29, 0.717) is 40.7 Å². The first kappa shape index (κ1) is 27.6. The number of methoxy groups -OCH3 is 3. The molecule has 1 aliphatic heterocycles. The lowest BCUT2D eigenvalue weighted by Gasteiger charge is -2.26. The minimum atomic E-state index is -0.858. The fourth-order valence-electron chi connectivity index (χ4n) is 4.67. The van der Waals surface area contributed by atoms with E-state index in [2.05, 4.69) is 0 Å². The Morgan fingerprint density at radius 2 is 1.56 bits per heavy atom. The third-order valence-electron chi connectivity index (χ3n) is 6.69. The first-order chi connectivity index (χ1) is 18.8. The van der Waals surface area contributed by atoms with Gasteiger partial charge in [-0.05, 0) is 72.5 Å². The van der Waals surface area contributed by atoms with E-state index in [1.54, 1.807) is 55.6 Å². The van der Waals surface area contributed by atoms with E-state index in [-0.39, 0.29) is 17.9 Å². The van der Waals surface area contributed by atoms with Gasteiger partial charge in [-0.2, -0.15) is 0 Å². The van der Waals surface area contributed by atoms with E-state index in [9.17, 15) is 14.7 Å². The Morgan fingerprint density at radius 3 is 2.18 bits per heavy atom. The van der Waals surface area contributed by atoms with E-state index >= 15 is 0 Å². The number of carbonyl (C=O) groups excluding carboxylic acids is 2. The molecule has 3 aromatic carbocycles. The van der Waals surface area contributed by atoms with Gasteiger partial charge in [-0.3, -0.25) is 9.59 Å². The summed E-state index contributed by atoms with van der Waals surface area (Å²) in [5.41, 5.74) is 2.63. The van der Waals surface area contributed by atoms with Gasteiger partial charge in [-0.1, -0.05) is 25.1 Å². The van der Waals surface area contributed by atoms with Crippen LogP contribution in [0, 0.1) is 6.92 Å². The average molecular weight is 532 g/mol. The van der Waals surface area contributed by atoms with Gasteiger partial charge in [0.1, 0.15) is 17.3 Å². The molecule has 1 unspecified atom stereocenters. The number of aryl methyl sites for hydroxylation is 1. The molecule has 3 aromatic rings. The van der Waals surface area contributed by atoms with Gasteiger partial charge < -0.3 is 29.0 Å². The zero-order chi connectivity index (χ0) is 28.1. The zero-order valence-electron chi connectivity index (χ0n) is 22.8. The summed E-state index contributed by atoms with van der Waals surface area (Å²) in [5, 5.41) is 11.5. The summed E-state index contributed by atoms with van der Waals surface area (Å²) >= 11 is 0. The number of ketones is 1. The van der Waals surface area contributed by atoms with Crippen LogP contribution in [0.4, 0.5) is 0 Å². The van der Waals surface area contributed by atoms with Gasteiger partial charge in [0.25, 0.3) is 11.7 Å². The molecular weight excluding hydrogens is 498 g/mol. The molecule has 1 N–H and O–H groups in total. The molecule has 0 aliphatic carbocycles. The molecule has 0 bridgehead atoms. The molecule has 39 heavy (non-hydrogen) atoms. The summed E-state index contributed by atoms with van der Waals surface area (Å²) in [6, 6.07) is 16.8. The SMILES string of the molecule is CCCOc1ccc(/C(O)=C2/C(=O)C(=O)N(Cc3ccc(OC)cc3)C2c2ccc(OC)c(OC)c2)cc1C. The number of ether oxygens (including phenoxy) is 4. The van der Waals surface area contributed by atoms with Crippen LogP contribution in [0.25, 0.3) is 5.76 Å². The fraction of sp³-hybridized carbons (Fsp3) is 0.290.